The molecule has 2 N–H and O–H groups in total. The zero-order valence-corrected chi connectivity index (χ0v) is 21.4. The van der Waals surface area contributed by atoms with E-state index >= 15 is 0 Å². The lowest BCUT2D eigenvalue weighted by Crippen LogP contribution is -2.58. The fourth-order valence-corrected chi connectivity index (χ4v) is 5.03. The van der Waals surface area contributed by atoms with Crippen LogP contribution in [-0.2, 0) is 19.1 Å². The van der Waals surface area contributed by atoms with Gasteiger partial charge in [0.2, 0.25) is 0 Å². The number of thiazole rings is 1. The number of aliphatic carboxylic acids is 1. The second-order valence-corrected chi connectivity index (χ2v) is 10.2. The molecule has 1 fully saturated rings. The molecule has 2 atom stereocenters. The highest BCUT2D eigenvalue weighted by Crippen LogP contribution is 2.35. The Balaban J connectivity index is 1.85. The topological polar surface area (TPSA) is 113 Å². The molecule has 0 saturated carbocycles. The zero-order valence-electron chi connectivity index (χ0n) is 20.6. The molecule has 4 rings (SSSR count). The van der Waals surface area contributed by atoms with E-state index in [0.29, 0.717) is 34.2 Å². The van der Waals surface area contributed by atoms with Gasteiger partial charge in [0, 0.05) is 30.4 Å². The van der Waals surface area contributed by atoms with Crippen LogP contribution in [0.1, 0.15) is 42.9 Å². The van der Waals surface area contributed by atoms with Crippen molar-refractivity contribution in [1.82, 2.24) is 15.2 Å². The molecule has 1 saturated heterocycles. The normalized spacial score (nSPS) is 22.1. The lowest BCUT2D eigenvalue weighted by molar-refractivity contribution is -0.161. The number of nitrogens with one attached hydrogen (secondary N) is 1. The van der Waals surface area contributed by atoms with E-state index in [-0.39, 0.29) is 25.3 Å². The van der Waals surface area contributed by atoms with Crippen LogP contribution in [0.2, 0.25) is 0 Å². The molecule has 2 aliphatic rings. The zero-order chi connectivity index (χ0) is 26.0. The number of esters is 1. The minimum Gasteiger partial charge on any atom is -0.480 e. The van der Waals surface area contributed by atoms with Gasteiger partial charge >= 0.3 is 11.9 Å². The van der Waals surface area contributed by atoms with E-state index in [4.69, 9.17) is 14.5 Å². The molecule has 0 radical (unpaired) electrons. The summed E-state index contributed by atoms with van der Waals surface area (Å²) in [5.74, 6) is -1.54. The highest BCUT2D eigenvalue weighted by molar-refractivity contribution is 7.11. The Hall–Kier alpha value is -3.15. The summed E-state index contributed by atoms with van der Waals surface area (Å²) in [4.78, 5) is 36.3. The number of rotatable bonds is 7. The van der Waals surface area contributed by atoms with Crippen LogP contribution in [0.4, 0.5) is 4.39 Å². The molecule has 36 heavy (non-hydrogen) atoms. The van der Waals surface area contributed by atoms with E-state index in [1.54, 1.807) is 31.0 Å². The predicted octanol–water partition coefficient (Wildman–Crippen LogP) is 3.06. The van der Waals surface area contributed by atoms with Crippen LogP contribution >= 0.6 is 11.3 Å². The summed E-state index contributed by atoms with van der Waals surface area (Å²) in [5, 5.41) is 15.5. The van der Waals surface area contributed by atoms with Crippen LogP contribution in [0.5, 0.6) is 0 Å². The van der Waals surface area contributed by atoms with Crippen molar-refractivity contribution in [3.05, 3.63) is 63.0 Å². The van der Waals surface area contributed by atoms with Gasteiger partial charge in [0.05, 0.1) is 24.4 Å². The van der Waals surface area contributed by atoms with E-state index in [1.165, 1.54) is 23.5 Å². The number of aryl methyl sites for hydroxylation is 1. The number of carbonyl (C=O) groups is 2. The Bertz CT molecular complexity index is 1210. The standard InChI is InChI=1S/C25H29FN4O5S/c1-5-34-24(33)19-17(11-30-13-25(3,4)35-12-18(30)23(31)32)28-21(22-27-8-9-36-22)29-20(19)16-7-6-15(26)10-14(16)2/h6-10,18,20H,5,11-13H2,1-4H3,(H,28,29)(H,31,32). The highest BCUT2D eigenvalue weighted by atomic mass is 32.1. The fraction of sp³-hybridized carbons (Fsp3) is 0.440. The maximum Gasteiger partial charge on any atom is 0.338 e. The van der Waals surface area contributed by atoms with Gasteiger partial charge in [-0.15, -0.1) is 11.3 Å². The molecule has 1 aromatic heterocycles. The molecule has 2 aromatic rings. The summed E-state index contributed by atoms with van der Waals surface area (Å²) in [5.41, 5.74) is 1.40. The molecular formula is C25H29FN4O5S. The van der Waals surface area contributed by atoms with Gasteiger partial charge in [-0.3, -0.25) is 14.7 Å². The summed E-state index contributed by atoms with van der Waals surface area (Å²) in [7, 11) is 0. The van der Waals surface area contributed by atoms with E-state index in [2.05, 4.69) is 10.3 Å². The minimum absolute atomic E-state index is 0.0122. The molecule has 9 nitrogen and oxygen atoms in total. The van der Waals surface area contributed by atoms with Gasteiger partial charge in [-0.05, 0) is 51.0 Å². The van der Waals surface area contributed by atoms with Crippen molar-refractivity contribution >= 4 is 29.1 Å². The molecule has 3 heterocycles. The first-order valence-corrected chi connectivity index (χ1v) is 12.5. The first-order valence-electron chi connectivity index (χ1n) is 11.6. The largest absolute Gasteiger partial charge is 0.480 e. The quantitative estimate of drug-likeness (QED) is 0.540. The van der Waals surface area contributed by atoms with Crippen molar-refractivity contribution in [3.63, 3.8) is 0 Å². The minimum atomic E-state index is -1.01. The number of ether oxygens (including phenoxy) is 2. The lowest BCUT2D eigenvalue weighted by atomic mass is 9.92. The number of aromatic nitrogens is 1. The average Bonchev–Trinajstić information content (AvgIpc) is 3.33. The highest BCUT2D eigenvalue weighted by Gasteiger charge is 2.40. The number of hydrogen-bond acceptors (Lipinski definition) is 9. The number of aliphatic imine (C=N–C) groups is 1. The van der Waals surface area contributed by atoms with Crippen LogP contribution < -0.4 is 5.32 Å². The maximum absolute atomic E-state index is 13.9. The summed E-state index contributed by atoms with van der Waals surface area (Å²) >= 11 is 1.38. The van der Waals surface area contributed by atoms with Gasteiger partial charge in [0.1, 0.15) is 17.9 Å². The molecule has 0 spiro atoms. The van der Waals surface area contributed by atoms with Gasteiger partial charge in [-0.25, -0.2) is 14.2 Å². The molecular weight excluding hydrogens is 487 g/mol. The number of nitrogens with zero attached hydrogens (tertiary/aromatic N) is 3. The van der Waals surface area contributed by atoms with Gasteiger partial charge in [-0.2, -0.15) is 0 Å². The average molecular weight is 517 g/mol. The smallest absolute Gasteiger partial charge is 0.338 e. The number of benzene rings is 1. The summed E-state index contributed by atoms with van der Waals surface area (Å²) in [6, 6.07) is 2.64. The molecule has 0 aliphatic carbocycles. The first kappa shape index (κ1) is 25.9. The second kappa shape index (κ2) is 10.5. The molecule has 0 bridgehead atoms. The van der Waals surface area contributed by atoms with Crippen molar-refractivity contribution in [2.45, 2.75) is 45.4 Å². The van der Waals surface area contributed by atoms with E-state index in [0.717, 1.165) is 0 Å². The number of carbonyl (C=O) groups excluding carboxylic acids is 1. The van der Waals surface area contributed by atoms with Crippen molar-refractivity contribution < 1.29 is 28.6 Å². The van der Waals surface area contributed by atoms with Crippen LogP contribution in [0.15, 0.2) is 46.0 Å². The Labute approximate surface area is 212 Å². The molecule has 2 aliphatic heterocycles. The van der Waals surface area contributed by atoms with Crippen LogP contribution in [0.3, 0.4) is 0 Å². The van der Waals surface area contributed by atoms with Crippen molar-refractivity contribution in [1.29, 1.82) is 0 Å². The summed E-state index contributed by atoms with van der Waals surface area (Å²) in [6.07, 6.45) is 1.65. The molecule has 11 heteroatoms. The molecule has 2 unspecified atom stereocenters. The third-order valence-electron chi connectivity index (χ3n) is 6.09. The first-order chi connectivity index (χ1) is 17.1. The third-order valence-corrected chi connectivity index (χ3v) is 6.87. The summed E-state index contributed by atoms with van der Waals surface area (Å²) < 4.78 is 25.1. The lowest BCUT2D eigenvalue weighted by Gasteiger charge is -2.42. The predicted molar refractivity (Wildman–Crippen MR) is 132 cm³/mol. The summed E-state index contributed by atoms with van der Waals surface area (Å²) in [6.45, 7) is 7.84. The Kier molecular flexibility index (Phi) is 7.53. The number of carboxylic acid groups (broad SMARTS) is 1. The van der Waals surface area contributed by atoms with Crippen LogP contribution in [-0.4, -0.2) is 70.7 Å². The molecule has 192 valence electrons. The van der Waals surface area contributed by atoms with E-state index in [9.17, 15) is 19.1 Å². The second-order valence-electron chi connectivity index (χ2n) is 9.29. The van der Waals surface area contributed by atoms with E-state index in [1.807, 2.05) is 19.2 Å². The van der Waals surface area contributed by atoms with Gasteiger partial charge in [-0.1, -0.05) is 6.07 Å². The van der Waals surface area contributed by atoms with Crippen LogP contribution in [0, 0.1) is 12.7 Å². The Morgan fingerprint density at radius 1 is 1.39 bits per heavy atom. The Morgan fingerprint density at radius 2 is 2.17 bits per heavy atom. The number of halogens is 1. The van der Waals surface area contributed by atoms with Gasteiger partial charge in [0.15, 0.2) is 10.8 Å². The number of carboxylic acids is 1. The number of hydrogen-bond donors (Lipinski definition) is 2. The molecule has 0 amide bonds. The molecule has 1 aromatic carbocycles. The van der Waals surface area contributed by atoms with Crippen molar-refractivity contribution in [2.75, 3.05) is 26.3 Å². The maximum atomic E-state index is 13.9. The Morgan fingerprint density at radius 3 is 2.81 bits per heavy atom. The van der Waals surface area contributed by atoms with Gasteiger partial charge < -0.3 is 19.9 Å². The van der Waals surface area contributed by atoms with Crippen molar-refractivity contribution in [2.24, 2.45) is 4.99 Å². The number of amidine groups is 1. The SMILES string of the molecule is CCOC(=O)C1=C(CN2CC(C)(C)OCC2C(=O)O)NC(c2nccs2)=NC1c1ccc(F)cc1C. The van der Waals surface area contributed by atoms with E-state index < -0.39 is 35.4 Å². The van der Waals surface area contributed by atoms with Crippen molar-refractivity contribution in [3.8, 4) is 0 Å². The number of morpholine rings is 1. The fourth-order valence-electron chi connectivity index (χ4n) is 4.44. The van der Waals surface area contributed by atoms with Gasteiger partial charge in [0.25, 0.3) is 0 Å². The third kappa shape index (κ3) is 5.48. The van der Waals surface area contributed by atoms with Crippen LogP contribution in [0.25, 0.3) is 0 Å². The monoisotopic (exact) mass is 516 g/mol.